The fourth-order valence-corrected chi connectivity index (χ4v) is 2.08. The van der Waals surface area contributed by atoms with Crippen molar-refractivity contribution in [3.63, 3.8) is 0 Å². The summed E-state index contributed by atoms with van der Waals surface area (Å²) in [6.45, 7) is 0. The topological polar surface area (TPSA) is 81.4 Å². The number of ether oxygens (including phenoxy) is 1. The van der Waals surface area contributed by atoms with E-state index in [1.54, 1.807) is 42.9 Å². The summed E-state index contributed by atoms with van der Waals surface area (Å²) >= 11 is 0. The van der Waals surface area contributed by atoms with Crippen molar-refractivity contribution in [1.29, 1.82) is 0 Å². The fraction of sp³-hybridized carbons (Fsp3) is 0.154. The van der Waals surface area contributed by atoms with Gasteiger partial charge in [0, 0.05) is 24.2 Å². The lowest BCUT2D eigenvalue weighted by Crippen LogP contribution is -2.31. The van der Waals surface area contributed by atoms with Crippen molar-refractivity contribution in [3.05, 3.63) is 60.2 Å². The van der Waals surface area contributed by atoms with E-state index < -0.39 is 17.6 Å². The van der Waals surface area contributed by atoms with Gasteiger partial charge in [-0.1, -0.05) is 12.1 Å². The molecule has 5 nitrogen and oxygen atoms in total. The smallest absolute Gasteiger partial charge is 0.259 e. The molecule has 2 N–H and O–H groups in total. The number of amides is 1. The Bertz CT molecular complexity index is 573. The van der Waals surface area contributed by atoms with Crippen LogP contribution in [0.2, 0.25) is 0 Å². The number of hydrogen-bond acceptors (Lipinski definition) is 4. The minimum Gasteiger partial charge on any atom is -0.367 e. The maximum atomic E-state index is 11.7. The van der Waals surface area contributed by atoms with Crippen LogP contribution in [0.25, 0.3) is 0 Å². The molecule has 0 bridgehead atoms. The van der Waals surface area contributed by atoms with Crippen LogP contribution in [0, 0.1) is 0 Å². The Kier molecular flexibility index (Phi) is 2.34. The van der Waals surface area contributed by atoms with Gasteiger partial charge < -0.3 is 10.5 Å². The van der Waals surface area contributed by atoms with Crippen LogP contribution < -0.4 is 5.73 Å². The molecule has 2 aromatic heterocycles. The monoisotopic (exact) mass is 241 g/mol. The zero-order chi connectivity index (χ0) is 12.6. The van der Waals surface area contributed by atoms with Crippen molar-refractivity contribution >= 4 is 5.91 Å². The highest BCUT2D eigenvalue weighted by atomic mass is 16.6. The molecule has 1 saturated heterocycles. The van der Waals surface area contributed by atoms with Gasteiger partial charge in [0.25, 0.3) is 5.91 Å². The Hall–Kier alpha value is -2.27. The first kappa shape index (κ1) is 10.9. The lowest BCUT2D eigenvalue weighted by atomic mass is 9.96. The standard InChI is InChI=1S/C13H11N3O2/c14-12(17)13(10-5-1-2-7-16-10)11(18-13)9-4-3-6-15-8-9/h1-8,11H,(H2,14,17)/t11-,13+/m1/s1. The molecule has 18 heavy (non-hydrogen) atoms. The molecule has 0 spiro atoms. The predicted octanol–water partition coefficient (Wildman–Crippen LogP) is 0.929. The van der Waals surface area contributed by atoms with Crippen molar-refractivity contribution in [1.82, 2.24) is 9.97 Å². The maximum Gasteiger partial charge on any atom is 0.259 e. The van der Waals surface area contributed by atoms with E-state index in [1.807, 2.05) is 6.07 Å². The van der Waals surface area contributed by atoms with Gasteiger partial charge in [0.05, 0.1) is 5.69 Å². The van der Waals surface area contributed by atoms with Crippen LogP contribution in [-0.4, -0.2) is 15.9 Å². The van der Waals surface area contributed by atoms with E-state index in [0.717, 1.165) is 5.56 Å². The molecule has 0 unspecified atom stereocenters. The molecule has 0 saturated carbocycles. The molecule has 2 atom stereocenters. The second-order valence-electron chi connectivity index (χ2n) is 4.10. The molecule has 90 valence electrons. The predicted molar refractivity (Wildman–Crippen MR) is 63.2 cm³/mol. The lowest BCUT2D eigenvalue weighted by molar-refractivity contribution is -0.123. The third-order valence-electron chi connectivity index (χ3n) is 3.01. The van der Waals surface area contributed by atoms with Gasteiger partial charge in [-0.2, -0.15) is 0 Å². The van der Waals surface area contributed by atoms with Gasteiger partial charge in [0.15, 0.2) is 0 Å². The highest BCUT2D eigenvalue weighted by Crippen LogP contribution is 2.55. The van der Waals surface area contributed by atoms with Gasteiger partial charge in [0.2, 0.25) is 5.60 Å². The van der Waals surface area contributed by atoms with E-state index in [9.17, 15) is 4.79 Å². The van der Waals surface area contributed by atoms with Crippen LogP contribution in [-0.2, 0) is 15.1 Å². The summed E-state index contributed by atoms with van der Waals surface area (Å²) in [7, 11) is 0. The number of hydrogen-bond donors (Lipinski definition) is 1. The molecular formula is C13H11N3O2. The summed E-state index contributed by atoms with van der Waals surface area (Å²) in [5.74, 6) is -0.532. The zero-order valence-electron chi connectivity index (χ0n) is 9.48. The number of epoxide rings is 1. The van der Waals surface area contributed by atoms with Crippen molar-refractivity contribution in [2.24, 2.45) is 5.73 Å². The molecule has 0 aliphatic carbocycles. The van der Waals surface area contributed by atoms with Crippen LogP contribution in [0.1, 0.15) is 17.4 Å². The lowest BCUT2D eigenvalue weighted by Gasteiger charge is -2.07. The largest absolute Gasteiger partial charge is 0.367 e. The molecule has 1 amide bonds. The first-order chi connectivity index (χ1) is 8.75. The molecular weight excluding hydrogens is 230 g/mol. The van der Waals surface area contributed by atoms with E-state index in [0.29, 0.717) is 5.69 Å². The second-order valence-corrected chi connectivity index (χ2v) is 4.10. The third-order valence-corrected chi connectivity index (χ3v) is 3.01. The van der Waals surface area contributed by atoms with Crippen LogP contribution in [0.5, 0.6) is 0 Å². The summed E-state index contributed by atoms with van der Waals surface area (Å²) in [5.41, 5.74) is 5.67. The molecule has 1 aliphatic heterocycles. The zero-order valence-corrected chi connectivity index (χ0v) is 9.48. The van der Waals surface area contributed by atoms with Crippen molar-refractivity contribution in [2.75, 3.05) is 0 Å². The number of rotatable bonds is 3. The van der Waals surface area contributed by atoms with Crippen LogP contribution >= 0.6 is 0 Å². The Balaban J connectivity index is 2.01. The highest BCUT2D eigenvalue weighted by Gasteiger charge is 2.64. The van der Waals surface area contributed by atoms with E-state index in [-0.39, 0.29) is 0 Å². The Morgan fingerprint density at radius 2 is 2.17 bits per heavy atom. The summed E-state index contributed by atoms with van der Waals surface area (Å²) in [6, 6.07) is 8.96. The van der Waals surface area contributed by atoms with Gasteiger partial charge in [-0.05, 0) is 18.2 Å². The summed E-state index contributed by atoms with van der Waals surface area (Å²) in [6.07, 6.45) is 4.54. The molecule has 1 fully saturated rings. The summed E-state index contributed by atoms with van der Waals surface area (Å²) in [5, 5.41) is 0. The van der Waals surface area contributed by atoms with Crippen LogP contribution in [0.3, 0.4) is 0 Å². The molecule has 1 aliphatic rings. The van der Waals surface area contributed by atoms with Gasteiger partial charge in [0.1, 0.15) is 6.10 Å². The minimum absolute atomic E-state index is 0.404. The first-order valence-electron chi connectivity index (χ1n) is 5.54. The number of aromatic nitrogens is 2. The Morgan fingerprint density at radius 3 is 2.78 bits per heavy atom. The summed E-state index contributed by atoms with van der Waals surface area (Å²) < 4.78 is 5.56. The van der Waals surface area contributed by atoms with E-state index in [2.05, 4.69) is 9.97 Å². The SMILES string of the molecule is NC(=O)[C@@]1(c2ccccn2)O[C@@H]1c1cccnc1. The maximum absolute atomic E-state index is 11.7. The number of carbonyl (C=O) groups excluding carboxylic acids is 1. The molecule has 2 aromatic rings. The van der Waals surface area contributed by atoms with E-state index in [4.69, 9.17) is 10.5 Å². The van der Waals surface area contributed by atoms with Crippen molar-refractivity contribution in [3.8, 4) is 0 Å². The van der Waals surface area contributed by atoms with Crippen LogP contribution in [0.4, 0.5) is 0 Å². The molecule has 0 radical (unpaired) electrons. The quantitative estimate of drug-likeness (QED) is 0.810. The van der Waals surface area contributed by atoms with Gasteiger partial charge in [-0.25, -0.2) is 0 Å². The molecule has 5 heteroatoms. The molecule has 3 heterocycles. The van der Waals surface area contributed by atoms with Gasteiger partial charge in [-0.15, -0.1) is 0 Å². The average Bonchev–Trinajstić information content (AvgIpc) is 3.18. The number of carbonyl (C=O) groups is 1. The number of nitrogens with two attached hydrogens (primary N) is 1. The Morgan fingerprint density at radius 1 is 1.28 bits per heavy atom. The third kappa shape index (κ3) is 1.48. The highest BCUT2D eigenvalue weighted by molar-refractivity contribution is 5.88. The number of pyridine rings is 2. The van der Waals surface area contributed by atoms with Gasteiger partial charge in [-0.3, -0.25) is 14.8 Å². The first-order valence-corrected chi connectivity index (χ1v) is 5.54. The van der Waals surface area contributed by atoms with Crippen molar-refractivity contribution < 1.29 is 9.53 Å². The summed E-state index contributed by atoms with van der Waals surface area (Å²) in [4.78, 5) is 19.9. The van der Waals surface area contributed by atoms with Crippen LogP contribution in [0.15, 0.2) is 48.9 Å². The molecule has 0 aromatic carbocycles. The normalized spacial score (nSPS) is 25.7. The number of primary amides is 1. The second kappa shape index (κ2) is 3.89. The van der Waals surface area contributed by atoms with E-state index >= 15 is 0 Å². The van der Waals surface area contributed by atoms with E-state index in [1.165, 1.54) is 0 Å². The van der Waals surface area contributed by atoms with Gasteiger partial charge >= 0.3 is 0 Å². The molecule has 3 rings (SSSR count). The number of nitrogens with zero attached hydrogens (tertiary/aromatic N) is 2. The average molecular weight is 241 g/mol. The fourth-order valence-electron chi connectivity index (χ4n) is 2.08. The minimum atomic E-state index is -1.15. The van der Waals surface area contributed by atoms with Crippen molar-refractivity contribution in [2.45, 2.75) is 11.7 Å². The Labute approximate surface area is 104 Å².